The Labute approximate surface area is 164 Å². The Kier molecular flexibility index (Phi) is 4.41. The van der Waals surface area contributed by atoms with Gasteiger partial charge in [0.25, 0.3) is 5.91 Å². The average Bonchev–Trinajstić information content (AvgIpc) is 2.73. The Balaban J connectivity index is 1.17. The number of piperazine rings is 1. The zero-order chi connectivity index (χ0) is 18.9. The molecule has 0 spiro atoms. The van der Waals surface area contributed by atoms with E-state index in [0.717, 1.165) is 61.6 Å². The molecule has 2 aliphatic rings. The van der Waals surface area contributed by atoms with Crippen LogP contribution in [-0.4, -0.2) is 71.0 Å². The lowest BCUT2D eigenvalue weighted by Gasteiger charge is -2.48. The summed E-state index contributed by atoms with van der Waals surface area (Å²) >= 11 is 0. The van der Waals surface area contributed by atoms with Gasteiger partial charge in [0.1, 0.15) is 5.82 Å². The maximum absolute atomic E-state index is 12.8. The Morgan fingerprint density at radius 1 is 0.893 bits per heavy atom. The van der Waals surface area contributed by atoms with Gasteiger partial charge in [-0.3, -0.25) is 14.7 Å². The van der Waals surface area contributed by atoms with Crippen LogP contribution >= 0.6 is 0 Å². The first-order chi connectivity index (χ1) is 13.8. The molecule has 5 rings (SSSR count). The molecule has 28 heavy (non-hydrogen) atoms. The molecule has 3 aromatic rings. The fourth-order valence-corrected chi connectivity index (χ4v) is 4.10. The normalized spacial score (nSPS) is 18.3. The van der Waals surface area contributed by atoms with E-state index in [1.165, 1.54) is 0 Å². The van der Waals surface area contributed by atoms with Crippen molar-refractivity contribution in [2.45, 2.75) is 6.04 Å². The molecule has 0 unspecified atom stereocenters. The molecule has 4 heterocycles. The van der Waals surface area contributed by atoms with E-state index in [1.807, 2.05) is 53.6 Å². The maximum atomic E-state index is 12.8. The number of likely N-dealkylation sites (tertiary alicyclic amines) is 1. The summed E-state index contributed by atoms with van der Waals surface area (Å²) in [7, 11) is 0. The van der Waals surface area contributed by atoms with Gasteiger partial charge < -0.3 is 9.80 Å². The van der Waals surface area contributed by atoms with Crippen molar-refractivity contribution in [2.75, 3.05) is 44.2 Å². The third-order valence-electron chi connectivity index (χ3n) is 5.80. The number of anilines is 1. The fraction of sp³-hybridized carbons (Fsp3) is 0.318. The lowest BCUT2D eigenvalue weighted by atomic mass is 10.0. The van der Waals surface area contributed by atoms with Gasteiger partial charge in [-0.05, 0) is 36.4 Å². The lowest BCUT2D eigenvalue weighted by Crippen LogP contribution is -2.64. The number of amides is 1. The first-order valence-electron chi connectivity index (χ1n) is 9.82. The van der Waals surface area contributed by atoms with Crippen molar-refractivity contribution in [1.82, 2.24) is 19.8 Å². The molecule has 2 saturated heterocycles. The van der Waals surface area contributed by atoms with Crippen LogP contribution in [0.5, 0.6) is 0 Å². The van der Waals surface area contributed by atoms with E-state index in [-0.39, 0.29) is 5.91 Å². The highest BCUT2D eigenvalue weighted by Gasteiger charge is 2.36. The molecule has 1 amide bonds. The first-order valence-corrected chi connectivity index (χ1v) is 9.82. The second-order valence-electron chi connectivity index (χ2n) is 7.49. The molecule has 0 N–H and O–H groups in total. The number of nitrogens with zero attached hydrogens (tertiary/aromatic N) is 5. The van der Waals surface area contributed by atoms with Crippen molar-refractivity contribution in [1.29, 1.82) is 0 Å². The molecule has 0 bridgehead atoms. The van der Waals surface area contributed by atoms with Crippen LogP contribution in [0.15, 0.2) is 60.9 Å². The van der Waals surface area contributed by atoms with Gasteiger partial charge in [0.2, 0.25) is 0 Å². The first kappa shape index (κ1) is 17.1. The van der Waals surface area contributed by atoms with E-state index in [4.69, 9.17) is 0 Å². The quantitative estimate of drug-likeness (QED) is 0.705. The summed E-state index contributed by atoms with van der Waals surface area (Å²) in [6.07, 6.45) is 3.62. The van der Waals surface area contributed by atoms with Crippen molar-refractivity contribution in [3.8, 4) is 0 Å². The summed E-state index contributed by atoms with van der Waals surface area (Å²) < 4.78 is 0. The van der Waals surface area contributed by atoms with Crippen molar-refractivity contribution < 1.29 is 4.79 Å². The fourth-order valence-electron chi connectivity index (χ4n) is 4.10. The Hall–Kier alpha value is -2.99. The number of fused-ring (bicyclic) bond motifs is 1. The predicted molar refractivity (Wildman–Crippen MR) is 109 cm³/mol. The van der Waals surface area contributed by atoms with Gasteiger partial charge in [-0.25, -0.2) is 4.98 Å². The Bertz CT molecular complexity index is 978. The van der Waals surface area contributed by atoms with Crippen LogP contribution in [0.2, 0.25) is 0 Å². The van der Waals surface area contributed by atoms with Gasteiger partial charge in [-0.2, -0.15) is 0 Å². The van der Waals surface area contributed by atoms with E-state index >= 15 is 0 Å². The molecule has 0 atom stereocenters. The number of carbonyl (C=O) groups excluding carboxylic acids is 1. The number of hydrogen-bond acceptors (Lipinski definition) is 5. The molecule has 0 radical (unpaired) electrons. The number of hydrogen-bond donors (Lipinski definition) is 0. The van der Waals surface area contributed by atoms with Crippen LogP contribution in [0, 0.1) is 0 Å². The Morgan fingerprint density at radius 3 is 2.50 bits per heavy atom. The molecule has 1 aromatic carbocycles. The van der Waals surface area contributed by atoms with Gasteiger partial charge in [0.15, 0.2) is 0 Å². The molecule has 6 heteroatoms. The highest BCUT2D eigenvalue weighted by molar-refractivity contribution is 5.98. The molecular formula is C22H23N5O. The van der Waals surface area contributed by atoms with E-state index in [2.05, 4.69) is 25.8 Å². The highest BCUT2D eigenvalue weighted by atomic mass is 16.2. The smallest absolute Gasteiger partial charge is 0.253 e. The molecular weight excluding hydrogens is 350 g/mol. The molecule has 2 aromatic heterocycles. The van der Waals surface area contributed by atoms with Gasteiger partial charge in [0.05, 0.1) is 5.52 Å². The van der Waals surface area contributed by atoms with Crippen molar-refractivity contribution in [2.24, 2.45) is 0 Å². The van der Waals surface area contributed by atoms with Crippen LogP contribution < -0.4 is 4.90 Å². The summed E-state index contributed by atoms with van der Waals surface area (Å²) in [4.78, 5) is 28.4. The van der Waals surface area contributed by atoms with E-state index in [9.17, 15) is 4.79 Å². The van der Waals surface area contributed by atoms with Crippen LogP contribution in [0.1, 0.15) is 10.4 Å². The summed E-state index contributed by atoms with van der Waals surface area (Å²) in [6.45, 7) is 5.63. The maximum Gasteiger partial charge on any atom is 0.253 e. The number of benzene rings is 1. The van der Waals surface area contributed by atoms with E-state index < -0.39 is 0 Å². The van der Waals surface area contributed by atoms with Crippen molar-refractivity contribution in [3.63, 3.8) is 0 Å². The molecule has 2 aliphatic heterocycles. The minimum atomic E-state index is 0.120. The number of carbonyl (C=O) groups is 1. The Morgan fingerprint density at radius 2 is 1.71 bits per heavy atom. The predicted octanol–water partition coefficient (Wildman–Crippen LogP) is 2.28. The molecule has 0 aliphatic carbocycles. The van der Waals surface area contributed by atoms with E-state index in [0.29, 0.717) is 6.04 Å². The minimum Gasteiger partial charge on any atom is -0.354 e. The third kappa shape index (κ3) is 3.20. The third-order valence-corrected chi connectivity index (χ3v) is 5.80. The number of aromatic nitrogens is 2. The molecule has 0 saturated carbocycles. The van der Waals surface area contributed by atoms with Gasteiger partial charge in [-0.1, -0.05) is 12.1 Å². The zero-order valence-electron chi connectivity index (χ0n) is 15.7. The second-order valence-corrected chi connectivity index (χ2v) is 7.49. The highest BCUT2D eigenvalue weighted by Crippen LogP contribution is 2.22. The largest absolute Gasteiger partial charge is 0.354 e. The van der Waals surface area contributed by atoms with E-state index in [1.54, 1.807) is 6.20 Å². The molecule has 6 nitrogen and oxygen atoms in total. The van der Waals surface area contributed by atoms with Crippen LogP contribution in [0.4, 0.5) is 5.82 Å². The van der Waals surface area contributed by atoms with Crippen LogP contribution in [-0.2, 0) is 0 Å². The second kappa shape index (κ2) is 7.20. The summed E-state index contributed by atoms with van der Waals surface area (Å²) in [5.41, 5.74) is 1.67. The van der Waals surface area contributed by atoms with Crippen molar-refractivity contribution >= 4 is 22.6 Å². The zero-order valence-corrected chi connectivity index (χ0v) is 15.7. The summed E-state index contributed by atoms with van der Waals surface area (Å²) in [6, 6.07) is 16.2. The van der Waals surface area contributed by atoms with Gasteiger partial charge in [-0.15, -0.1) is 0 Å². The standard InChI is InChI=1S/C22H23N5O/c28-22(18-6-7-20-17(14-18)4-3-9-23-20)27-15-19(16-27)25-10-12-26(13-11-25)21-5-1-2-8-24-21/h1-9,14,19H,10-13,15-16H2. The SMILES string of the molecule is O=C(c1ccc2ncccc2c1)N1CC(N2CCN(c3ccccn3)CC2)C1. The molecule has 2 fully saturated rings. The van der Waals surface area contributed by atoms with Gasteiger partial charge in [0, 0.05) is 68.7 Å². The number of pyridine rings is 2. The monoisotopic (exact) mass is 373 g/mol. The average molecular weight is 373 g/mol. The topological polar surface area (TPSA) is 52.6 Å². The lowest BCUT2D eigenvalue weighted by molar-refractivity contribution is 0.0246. The molecule has 142 valence electrons. The summed E-state index contributed by atoms with van der Waals surface area (Å²) in [5.74, 6) is 1.17. The minimum absolute atomic E-state index is 0.120. The van der Waals surface area contributed by atoms with Crippen LogP contribution in [0.3, 0.4) is 0 Å². The van der Waals surface area contributed by atoms with Crippen molar-refractivity contribution in [3.05, 3.63) is 66.5 Å². The van der Waals surface area contributed by atoms with Gasteiger partial charge >= 0.3 is 0 Å². The number of rotatable bonds is 3. The van der Waals surface area contributed by atoms with Crippen LogP contribution in [0.25, 0.3) is 10.9 Å². The summed E-state index contributed by atoms with van der Waals surface area (Å²) in [5, 5.41) is 1.01.